The molecule has 6 nitrogen and oxygen atoms in total. The summed E-state index contributed by atoms with van der Waals surface area (Å²) in [6.07, 6.45) is 2.04. The molecular formula is C14H20N2O4. The Morgan fingerprint density at radius 2 is 2.30 bits per heavy atom. The molecule has 0 saturated carbocycles. The van der Waals surface area contributed by atoms with Crippen LogP contribution in [0, 0.1) is 5.41 Å². The van der Waals surface area contributed by atoms with Crippen molar-refractivity contribution in [1.29, 1.82) is 0 Å². The molecule has 0 bridgehead atoms. The van der Waals surface area contributed by atoms with Crippen molar-refractivity contribution in [2.24, 2.45) is 5.41 Å². The van der Waals surface area contributed by atoms with Gasteiger partial charge in [-0.15, -0.1) is 0 Å². The number of carbonyl (C=O) groups excluding carboxylic acids is 1. The van der Waals surface area contributed by atoms with Crippen molar-refractivity contribution >= 4 is 11.9 Å². The smallest absolute Gasteiger partial charge is 0.314 e. The zero-order chi connectivity index (χ0) is 14.8. The van der Waals surface area contributed by atoms with E-state index in [-0.39, 0.29) is 12.5 Å². The number of carbonyl (C=O) groups is 2. The summed E-state index contributed by atoms with van der Waals surface area (Å²) < 4.78 is 0. The van der Waals surface area contributed by atoms with Gasteiger partial charge in [-0.3, -0.25) is 9.59 Å². The van der Waals surface area contributed by atoms with Gasteiger partial charge >= 0.3 is 5.97 Å². The fraction of sp³-hybridized carbons (Fsp3) is 0.571. The van der Waals surface area contributed by atoms with E-state index < -0.39 is 17.5 Å². The third kappa shape index (κ3) is 2.43. The Balaban J connectivity index is 2.22. The number of amides is 1. The fourth-order valence-electron chi connectivity index (χ4n) is 2.90. The summed E-state index contributed by atoms with van der Waals surface area (Å²) in [6, 6.07) is 3.39. The molecule has 0 spiro atoms. The Bertz CT molecular complexity index is 485. The van der Waals surface area contributed by atoms with Gasteiger partial charge in [-0.1, -0.05) is 13.3 Å². The topological polar surface area (TPSA) is 93.6 Å². The summed E-state index contributed by atoms with van der Waals surface area (Å²) in [6.45, 7) is 2.30. The predicted octanol–water partition coefficient (Wildman–Crippen LogP) is 1.09. The molecule has 1 aromatic rings. The first-order chi connectivity index (χ1) is 9.51. The molecule has 2 rings (SSSR count). The number of rotatable bonds is 4. The second-order valence-corrected chi connectivity index (χ2v) is 5.33. The average molecular weight is 280 g/mol. The molecule has 1 aromatic heterocycles. The number of nitrogens with zero attached hydrogens (tertiary/aromatic N) is 1. The van der Waals surface area contributed by atoms with Gasteiger partial charge in [0.05, 0.1) is 6.10 Å². The quantitative estimate of drug-likeness (QED) is 0.769. The molecule has 6 heteroatoms. The molecule has 0 aliphatic carbocycles. The fourth-order valence-corrected chi connectivity index (χ4v) is 2.90. The van der Waals surface area contributed by atoms with Crippen LogP contribution in [0.15, 0.2) is 18.3 Å². The van der Waals surface area contributed by atoms with E-state index in [1.165, 1.54) is 4.90 Å². The molecule has 110 valence electrons. The van der Waals surface area contributed by atoms with E-state index in [1.54, 1.807) is 18.3 Å². The number of carboxylic acids is 1. The lowest BCUT2D eigenvalue weighted by Gasteiger charge is -2.43. The zero-order valence-electron chi connectivity index (χ0n) is 11.5. The largest absolute Gasteiger partial charge is 0.481 e. The predicted molar refractivity (Wildman–Crippen MR) is 72.3 cm³/mol. The maximum Gasteiger partial charge on any atom is 0.314 e. The Morgan fingerprint density at radius 3 is 2.85 bits per heavy atom. The number of aliphatic carboxylic acids is 1. The van der Waals surface area contributed by atoms with Crippen LogP contribution < -0.4 is 0 Å². The van der Waals surface area contributed by atoms with Crippen molar-refractivity contribution in [3.63, 3.8) is 0 Å². The lowest BCUT2D eigenvalue weighted by molar-refractivity contribution is -0.162. The molecule has 1 aliphatic heterocycles. The molecule has 2 atom stereocenters. The van der Waals surface area contributed by atoms with Crippen LogP contribution in [-0.4, -0.2) is 51.2 Å². The molecule has 3 N–H and O–H groups in total. The van der Waals surface area contributed by atoms with Crippen molar-refractivity contribution in [2.45, 2.75) is 32.3 Å². The molecule has 20 heavy (non-hydrogen) atoms. The van der Waals surface area contributed by atoms with Crippen LogP contribution in [-0.2, 0) is 4.79 Å². The van der Waals surface area contributed by atoms with E-state index in [4.69, 9.17) is 0 Å². The SMILES string of the molecule is CCC[C@@]1(C(=O)O)CN(C(=O)c2ccc[nH]2)CC[C@@H]1O. The van der Waals surface area contributed by atoms with Gasteiger partial charge in [-0.2, -0.15) is 0 Å². The summed E-state index contributed by atoms with van der Waals surface area (Å²) in [5.41, 5.74) is -0.813. The van der Waals surface area contributed by atoms with Crippen LogP contribution in [0.4, 0.5) is 0 Å². The first kappa shape index (κ1) is 14.6. The summed E-state index contributed by atoms with van der Waals surface area (Å²) >= 11 is 0. The van der Waals surface area contributed by atoms with Crippen LogP contribution in [0.2, 0.25) is 0 Å². The molecule has 1 fully saturated rings. The average Bonchev–Trinajstić information content (AvgIpc) is 2.94. The number of piperidine rings is 1. The summed E-state index contributed by atoms with van der Waals surface area (Å²) in [5, 5.41) is 19.6. The first-order valence-corrected chi connectivity index (χ1v) is 6.85. The monoisotopic (exact) mass is 280 g/mol. The highest BCUT2D eigenvalue weighted by Crippen LogP contribution is 2.35. The van der Waals surface area contributed by atoms with Crippen molar-refractivity contribution in [1.82, 2.24) is 9.88 Å². The highest BCUT2D eigenvalue weighted by Gasteiger charge is 2.49. The Morgan fingerprint density at radius 1 is 1.55 bits per heavy atom. The molecule has 1 saturated heterocycles. The van der Waals surface area contributed by atoms with Gasteiger partial charge < -0.3 is 20.1 Å². The van der Waals surface area contributed by atoms with E-state index in [0.717, 1.165) is 0 Å². The zero-order valence-corrected chi connectivity index (χ0v) is 11.5. The number of aliphatic hydroxyl groups excluding tert-OH is 1. The van der Waals surface area contributed by atoms with Crippen LogP contribution in [0.1, 0.15) is 36.7 Å². The van der Waals surface area contributed by atoms with E-state index in [9.17, 15) is 19.8 Å². The lowest BCUT2D eigenvalue weighted by atomic mass is 9.74. The summed E-state index contributed by atoms with van der Waals surface area (Å²) in [7, 11) is 0. The molecular weight excluding hydrogens is 260 g/mol. The van der Waals surface area contributed by atoms with E-state index in [0.29, 0.717) is 31.5 Å². The number of carboxylic acid groups (broad SMARTS) is 1. The van der Waals surface area contributed by atoms with E-state index >= 15 is 0 Å². The van der Waals surface area contributed by atoms with Crippen molar-refractivity contribution in [2.75, 3.05) is 13.1 Å². The molecule has 0 radical (unpaired) electrons. The van der Waals surface area contributed by atoms with Crippen molar-refractivity contribution < 1.29 is 19.8 Å². The number of likely N-dealkylation sites (tertiary alicyclic amines) is 1. The van der Waals surface area contributed by atoms with E-state index in [1.807, 2.05) is 6.92 Å². The maximum absolute atomic E-state index is 12.3. The minimum Gasteiger partial charge on any atom is -0.481 e. The van der Waals surface area contributed by atoms with Crippen LogP contribution in [0.5, 0.6) is 0 Å². The normalized spacial score (nSPS) is 26.5. The van der Waals surface area contributed by atoms with Crippen LogP contribution in [0.25, 0.3) is 0 Å². The summed E-state index contributed by atoms with van der Waals surface area (Å²) in [5.74, 6) is -1.25. The number of hydrogen-bond acceptors (Lipinski definition) is 3. The lowest BCUT2D eigenvalue weighted by Crippen LogP contribution is -2.57. The third-order valence-corrected chi connectivity index (χ3v) is 4.02. The van der Waals surface area contributed by atoms with Gasteiger partial charge in [0.2, 0.25) is 0 Å². The Labute approximate surface area is 117 Å². The van der Waals surface area contributed by atoms with Gasteiger partial charge in [0.25, 0.3) is 5.91 Å². The highest BCUT2D eigenvalue weighted by atomic mass is 16.4. The number of aliphatic hydroxyl groups is 1. The van der Waals surface area contributed by atoms with Crippen molar-refractivity contribution in [3.05, 3.63) is 24.0 Å². The number of H-pyrrole nitrogens is 1. The molecule has 1 aliphatic rings. The number of aromatic nitrogens is 1. The van der Waals surface area contributed by atoms with Gasteiger partial charge in [0.1, 0.15) is 11.1 Å². The maximum atomic E-state index is 12.3. The molecule has 0 unspecified atom stereocenters. The van der Waals surface area contributed by atoms with Gasteiger partial charge in [-0.05, 0) is 25.0 Å². The second-order valence-electron chi connectivity index (χ2n) is 5.33. The minimum atomic E-state index is -1.25. The molecule has 1 amide bonds. The Kier molecular flexibility index (Phi) is 4.13. The van der Waals surface area contributed by atoms with Crippen molar-refractivity contribution in [3.8, 4) is 0 Å². The summed E-state index contributed by atoms with van der Waals surface area (Å²) in [4.78, 5) is 28.3. The Hall–Kier alpha value is -1.82. The third-order valence-electron chi connectivity index (χ3n) is 4.02. The standard InChI is InChI=1S/C14H20N2O4/c1-2-6-14(13(19)20)9-16(8-5-11(14)17)12(18)10-4-3-7-15-10/h3-4,7,11,15,17H,2,5-6,8-9H2,1H3,(H,19,20)/t11-,14+/m0/s1. The van der Waals surface area contributed by atoms with Gasteiger partial charge in [-0.25, -0.2) is 0 Å². The number of nitrogens with one attached hydrogen (secondary N) is 1. The van der Waals surface area contributed by atoms with Gasteiger partial charge in [0.15, 0.2) is 0 Å². The number of hydrogen-bond donors (Lipinski definition) is 3. The number of aromatic amines is 1. The molecule has 2 heterocycles. The van der Waals surface area contributed by atoms with Gasteiger partial charge in [0, 0.05) is 19.3 Å². The first-order valence-electron chi connectivity index (χ1n) is 6.85. The molecule has 0 aromatic carbocycles. The van der Waals surface area contributed by atoms with Crippen LogP contribution >= 0.6 is 0 Å². The minimum absolute atomic E-state index is 0.0508. The highest BCUT2D eigenvalue weighted by molar-refractivity contribution is 5.93. The van der Waals surface area contributed by atoms with Crippen LogP contribution in [0.3, 0.4) is 0 Å². The second kappa shape index (κ2) is 5.66. The van der Waals surface area contributed by atoms with E-state index in [2.05, 4.69) is 4.98 Å².